The first-order valence-electron chi connectivity index (χ1n) is 31.2. The van der Waals surface area contributed by atoms with Crippen molar-refractivity contribution < 1.29 is 48.5 Å². The highest BCUT2D eigenvalue weighted by Crippen LogP contribution is 2.51. The van der Waals surface area contributed by atoms with Crippen LogP contribution in [0.2, 0.25) is 0 Å². The van der Waals surface area contributed by atoms with Crippen LogP contribution < -0.4 is 20.9 Å². The number of aromatic nitrogens is 3. The normalized spacial score (nSPS) is 16.7. The average Bonchev–Trinajstić information content (AvgIpc) is 1.55. The summed E-state index contributed by atoms with van der Waals surface area (Å²) < 4.78 is 101. The Hall–Kier alpha value is -7.21. The van der Waals surface area contributed by atoms with Crippen LogP contribution in [0, 0.1) is 6.92 Å². The zero-order valence-corrected chi connectivity index (χ0v) is 55.6. The molecule has 22 heteroatoms. The molecule has 1 unspecified atom stereocenters. The molecule has 6 aromatic rings. The summed E-state index contributed by atoms with van der Waals surface area (Å²) in [4.78, 5) is 42.2. The van der Waals surface area contributed by atoms with Crippen LogP contribution in [-0.2, 0) is 70.1 Å². The molecule has 2 atom stereocenters. The number of unbranched alkanes of at least 4 members (excludes halogenated alkanes) is 3. The van der Waals surface area contributed by atoms with E-state index in [4.69, 9.17) is 4.98 Å². The number of sulfonamides is 1. The summed E-state index contributed by atoms with van der Waals surface area (Å²) in [6.07, 6.45) is 22.5. The molecule has 4 aromatic carbocycles. The van der Waals surface area contributed by atoms with Crippen LogP contribution in [0.5, 0.6) is 0 Å². The number of amides is 2. The largest absolute Gasteiger partial charge is 0.370 e. The number of carbonyl (C=O) groups is 2. The molecule has 2 amide bonds. The van der Waals surface area contributed by atoms with Gasteiger partial charge in [0.15, 0.2) is 5.71 Å². The van der Waals surface area contributed by atoms with E-state index >= 15 is 0 Å². The molecule has 3 aliphatic rings. The van der Waals surface area contributed by atoms with Gasteiger partial charge in [-0.05, 0) is 153 Å². The molecule has 5 N–H and O–H groups in total. The lowest BCUT2D eigenvalue weighted by Gasteiger charge is -2.26. The van der Waals surface area contributed by atoms with Crippen molar-refractivity contribution in [2.75, 3.05) is 49.2 Å². The number of hydrogen-bond donors (Lipinski definition) is 5. The summed E-state index contributed by atoms with van der Waals surface area (Å²) in [5, 5.41) is 12.0. The number of hydrogen-bond acceptors (Lipinski definition) is 13. The molecule has 0 saturated carbocycles. The zero-order valence-electron chi connectivity index (χ0n) is 53.1. The van der Waals surface area contributed by atoms with Gasteiger partial charge in [-0.1, -0.05) is 89.5 Å². The van der Waals surface area contributed by atoms with Crippen LogP contribution in [0.3, 0.4) is 0 Å². The Kier molecular flexibility index (Phi) is 20.7. The van der Waals surface area contributed by atoms with E-state index in [0.29, 0.717) is 34.6 Å². The summed E-state index contributed by atoms with van der Waals surface area (Å²) in [5.41, 5.74) is 7.89. The number of benzene rings is 4. The monoisotopic (exact) mass is 1280 g/mol. The number of aryl methyl sites for hydroxylation is 3. The van der Waals surface area contributed by atoms with Gasteiger partial charge in [0.1, 0.15) is 24.2 Å². The van der Waals surface area contributed by atoms with Crippen molar-refractivity contribution in [3.8, 4) is 0 Å². The van der Waals surface area contributed by atoms with E-state index in [1.807, 2.05) is 92.7 Å². The van der Waals surface area contributed by atoms with E-state index in [9.17, 15) is 43.9 Å². The van der Waals surface area contributed by atoms with Gasteiger partial charge in [0.2, 0.25) is 27.5 Å². The molecule has 19 nitrogen and oxygen atoms in total. The smallest absolute Gasteiger partial charge is 0.294 e. The summed E-state index contributed by atoms with van der Waals surface area (Å²) in [6.45, 7) is 17.8. The topological polar surface area (TPSA) is 261 Å². The number of anilines is 2. The molecule has 3 aliphatic heterocycles. The molecule has 0 aliphatic carbocycles. The number of nitrogens with one attached hydrogen (secondary N) is 3. The van der Waals surface area contributed by atoms with Crippen LogP contribution in [-0.4, -0.2) is 121 Å². The minimum Gasteiger partial charge on any atom is -0.370 e. The first-order chi connectivity index (χ1) is 42.6. The van der Waals surface area contributed by atoms with Gasteiger partial charge in [0, 0.05) is 104 Å². The molecule has 0 fully saturated rings. The SMILES string of the molecule is CCC[N+]1=C(C=CC=CC=C2N(CCS(=O)(=O)O)c3ccc4ccc(S(=O)(=O)O)cc4c3C2(C)C)C(C)(C)c2c1ccc1c(S(=O)(=O)N(C)CCCC(=O)NC(C)C(=O)NCc3cc4c(nc3CCCCCC[C@@H](C)c3cnc(C)nc3)NCCC4)cccc21. The van der Waals surface area contributed by atoms with Gasteiger partial charge in [0.25, 0.3) is 20.2 Å². The predicted octanol–water partition coefficient (Wildman–Crippen LogP) is 11.1. The number of nitrogens with zero attached hydrogens (tertiary/aromatic N) is 6. The minimum absolute atomic E-state index is 0.00771. The number of allylic oxidation sites excluding steroid dienone is 6. The Morgan fingerprint density at radius 1 is 0.856 bits per heavy atom. The van der Waals surface area contributed by atoms with Gasteiger partial charge in [0.05, 0.1) is 21.0 Å². The fourth-order valence-electron chi connectivity index (χ4n) is 13.0. The molecular formula is C68H86N9O10S3+. The van der Waals surface area contributed by atoms with Crippen LogP contribution in [0.4, 0.5) is 17.2 Å². The Morgan fingerprint density at radius 3 is 2.33 bits per heavy atom. The highest BCUT2D eigenvalue weighted by Gasteiger charge is 2.46. The van der Waals surface area contributed by atoms with Crippen LogP contribution >= 0.6 is 0 Å². The van der Waals surface area contributed by atoms with E-state index in [1.54, 1.807) is 31.2 Å². The molecule has 2 aromatic heterocycles. The standard InChI is InChI=1S/C68H85N9O10S3/c1-10-36-76-58-34-32-53-54(63(58)67(5,6)60(76)26-16-13-17-27-61-68(7,8)64-55-41-52(90(85,86)87)31-29-48(55)30-33-57(64)77(61)38-39-88(80,81)82)23-18-25-59(53)89(83,84)75(9)37-20-28-62(78)73-46(3)66(79)72-42-50-40-49-22-19-35-69-65(49)74-56(50)24-15-12-11-14-21-45(2)51-43-70-47(4)71-44-51/h13,16-18,23,25-27,29-34,40-41,43-46H,10-12,14-15,19-22,24,28,35-39,42H2,1-9H3,(H4-,69,72,73,74,78,79,80,81,82,85,86,87)/p+1/t45-,46?/m1/s1. The minimum atomic E-state index is -4.53. The third-order valence-corrected chi connectivity index (χ3v) is 21.3. The molecule has 9 rings (SSSR count). The van der Waals surface area contributed by atoms with E-state index in [-0.39, 0.29) is 54.1 Å². The first kappa shape index (κ1) is 67.2. The van der Waals surface area contributed by atoms with Gasteiger partial charge in [-0.25, -0.2) is 27.7 Å². The van der Waals surface area contributed by atoms with Crippen molar-refractivity contribution in [1.29, 1.82) is 0 Å². The number of rotatable bonds is 27. The van der Waals surface area contributed by atoms with Crippen molar-refractivity contribution >= 4 is 86.5 Å². The maximum absolute atomic E-state index is 14.5. The third-order valence-electron chi connectivity index (χ3n) is 17.9. The highest BCUT2D eigenvalue weighted by molar-refractivity contribution is 7.89. The van der Waals surface area contributed by atoms with Gasteiger partial charge in [-0.2, -0.15) is 21.4 Å². The fourth-order valence-corrected chi connectivity index (χ4v) is 15.4. The Balaban J connectivity index is 0.820. The summed E-state index contributed by atoms with van der Waals surface area (Å²) in [6, 6.07) is 18.5. The first-order valence-corrected chi connectivity index (χ1v) is 35.7. The van der Waals surface area contributed by atoms with Crippen molar-refractivity contribution in [3.05, 3.63) is 155 Å². The third kappa shape index (κ3) is 14.9. The molecule has 0 bridgehead atoms. The maximum atomic E-state index is 14.5. The quantitative estimate of drug-likeness (QED) is 0.0139. The predicted molar refractivity (Wildman–Crippen MR) is 355 cm³/mol. The van der Waals surface area contributed by atoms with Gasteiger partial charge in [-0.15, -0.1) is 0 Å². The second kappa shape index (κ2) is 27.7. The van der Waals surface area contributed by atoms with E-state index in [0.717, 1.165) is 132 Å². The number of pyridine rings is 1. The van der Waals surface area contributed by atoms with E-state index < -0.39 is 52.9 Å². The van der Waals surface area contributed by atoms with Crippen molar-refractivity contribution in [1.82, 2.24) is 29.9 Å². The highest BCUT2D eigenvalue weighted by atomic mass is 32.2. The van der Waals surface area contributed by atoms with Gasteiger partial charge in [-0.3, -0.25) is 18.7 Å². The van der Waals surface area contributed by atoms with Crippen LogP contribution in [0.1, 0.15) is 152 Å². The Bertz CT molecular complexity index is 4200. The molecule has 0 radical (unpaired) electrons. The van der Waals surface area contributed by atoms with Gasteiger partial charge >= 0.3 is 0 Å². The fraction of sp³-hybridized carbons (Fsp3) is 0.441. The number of fused-ring (bicyclic) bond motifs is 7. The lowest BCUT2D eigenvalue weighted by Crippen LogP contribution is -2.44. The molecule has 0 saturated heterocycles. The second-order valence-electron chi connectivity index (χ2n) is 25.1. The average molecular weight is 1290 g/mol. The van der Waals surface area contributed by atoms with Crippen molar-refractivity contribution in [2.45, 2.75) is 165 Å². The summed E-state index contributed by atoms with van der Waals surface area (Å²) in [7, 11) is -11.4. The second-order valence-corrected chi connectivity index (χ2v) is 30.1. The summed E-state index contributed by atoms with van der Waals surface area (Å²) in [5.74, 6) is 0.850. The lowest BCUT2D eigenvalue weighted by molar-refractivity contribution is -0.437. The molecular weight excluding hydrogens is 1200 g/mol. The Morgan fingerprint density at radius 2 is 1.60 bits per heavy atom. The lowest BCUT2D eigenvalue weighted by atomic mass is 9.79. The van der Waals surface area contributed by atoms with Gasteiger partial charge < -0.3 is 20.9 Å². The molecule has 5 heterocycles. The summed E-state index contributed by atoms with van der Waals surface area (Å²) >= 11 is 0. The van der Waals surface area contributed by atoms with Crippen LogP contribution in [0.25, 0.3) is 21.5 Å². The van der Waals surface area contributed by atoms with Crippen LogP contribution in [0.15, 0.2) is 125 Å². The van der Waals surface area contributed by atoms with Crippen molar-refractivity contribution in [2.24, 2.45) is 0 Å². The van der Waals surface area contributed by atoms with E-state index in [2.05, 4.69) is 64.3 Å². The molecule has 480 valence electrons. The molecule has 0 spiro atoms. The molecule has 90 heavy (non-hydrogen) atoms. The number of carbonyl (C=O) groups excluding carboxylic acids is 2. The van der Waals surface area contributed by atoms with E-state index in [1.165, 1.54) is 23.5 Å². The maximum Gasteiger partial charge on any atom is 0.294 e. The van der Waals surface area contributed by atoms with Crippen molar-refractivity contribution in [3.63, 3.8) is 0 Å². The zero-order chi connectivity index (χ0) is 64.9. The Labute approximate surface area is 530 Å².